The van der Waals surface area contributed by atoms with Gasteiger partial charge in [-0.3, -0.25) is 4.90 Å². The predicted octanol–water partition coefficient (Wildman–Crippen LogP) is 3.96. The first kappa shape index (κ1) is 15.4. The van der Waals surface area contributed by atoms with Crippen molar-refractivity contribution in [1.82, 2.24) is 4.90 Å². The molecule has 2 aliphatic rings. The van der Waals surface area contributed by atoms with Crippen LogP contribution in [0.2, 0.25) is 0 Å². The van der Waals surface area contributed by atoms with Crippen molar-refractivity contribution in [2.75, 3.05) is 20.1 Å². The average molecular weight is 355 g/mol. The first-order valence-corrected chi connectivity index (χ1v) is 8.73. The zero-order chi connectivity index (χ0) is 15.0. The first-order valence-electron chi connectivity index (χ1n) is 7.93. The molecule has 1 aromatic carbocycles. The van der Waals surface area contributed by atoms with Gasteiger partial charge >= 0.3 is 0 Å². The van der Waals surface area contributed by atoms with E-state index in [1.165, 1.54) is 25.7 Å². The Morgan fingerprint density at radius 1 is 1.38 bits per heavy atom. The number of halogens is 2. The number of benzene rings is 1. The highest BCUT2D eigenvalue weighted by Gasteiger charge is 2.40. The van der Waals surface area contributed by atoms with Gasteiger partial charge in [0.05, 0.1) is 4.47 Å². The number of rotatable bonds is 5. The van der Waals surface area contributed by atoms with E-state index < -0.39 is 0 Å². The summed E-state index contributed by atoms with van der Waals surface area (Å²) in [5, 5.41) is 0. The Morgan fingerprint density at radius 2 is 2.19 bits per heavy atom. The van der Waals surface area contributed by atoms with E-state index in [2.05, 4.69) is 27.9 Å². The highest BCUT2D eigenvalue weighted by molar-refractivity contribution is 9.10. The van der Waals surface area contributed by atoms with Crippen molar-refractivity contribution in [2.45, 2.75) is 31.7 Å². The molecule has 2 saturated carbocycles. The number of hydrogen-bond acceptors (Lipinski definition) is 2. The topological polar surface area (TPSA) is 29.3 Å². The molecule has 116 valence electrons. The molecule has 4 atom stereocenters. The third kappa shape index (κ3) is 3.17. The van der Waals surface area contributed by atoms with Crippen LogP contribution in [0.1, 0.15) is 37.3 Å². The minimum atomic E-state index is -0.209. The maximum Gasteiger partial charge on any atom is 0.137 e. The van der Waals surface area contributed by atoms with E-state index in [1.54, 1.807) is 12.1 Å². The van der Waals surface area contributed by atoms with E-state index in [-0.39, 0.29) is 11.9 Å². The molecule has 0 aliphatic heterocycles. The molecule has 0 aromatic heterocycles. The van der Waals surface area contributed by atoms with E-state index in [0.29, 0.717) is 11.0 Å². The van der Waals surface area contributed by atoms with Gasteiger partial charge in [-0.05, 0) is 77.7 Å². The van der Waals surface area contributed by atoms with Crippen molar-refractivity contribution in [3.05, 3.63) is 34.1 Å². The lowest BCUT2D eigenvalue weighted by Crippen LogP contribution is -2.35. The molecule has 0 heterocycles. The second kappa shape index (κ2) is 6.35. The van der Waals surface area contributed by atoms with Crippen molar-refractivity contribution < 1.29 is 4.39 Å². The zero-order valence-electron chi connectivity index (χ0n) is 12.6. The monoisotopic (exact) mass is 354 g/mol. The maximum absolute atomic E-state index is 13.8. The maximum atomic E-state index is 13.8. The van der Waals surface area contributed by atoms with Gasteiger partial charge < -0.3 is 5.73 Å². The fourth-order valence-corrected chi connectivity index (χ4v) is 4.63. The van der Waals surface area contributed by atoms with Crippen LogP contribution in [-0.4, -0.2) is 25.0 Å². The Kier molecular flexibility index (Phi) is 4.67. The van der Waals surface area contributed by atoms with Crippen LogP contribution in [0.25, 0.3) is 0 Å². The van der Waals surface area contributed by atoms with Crippen LogP contribution in [0.3, 0.4) is 0 Å². The zero-order valence-corrected chi connectivity index (χ0v) is 14.2. The van der Waals surface area contributed by atoms with Gasteiger partial charge in [-0.15, -0.1) is 0 Å². The molecule has 3 rings (SSSR count). The van der Waals surface area contributed by atoms with Crippen LogP contribution in [0, 0.1) is 23.6 Å². The fraction of sp³-hybridized carbons (Fsp3) is 0.647. The Bertz CT molecular complexity index is 508. The standard InChI is InChI=1S/C17H24BrFN2/c1-21(10-14-7-11-2-3-12(14)6-11)17(9-20)13-4-5-15(18)16(19)8-13/h4-5,8,11-12,14,17H,2-3,6-7,9-10,20H2,1H3. The average Bonchev–Trinajstić information content (AvgIpc) is 3.06. The number of nitrogens with zero attached hydrogens (tertiary/aromatic N) is 1. The van der Waals surface area contributed by atoms with E-state index >= 15 is 0 Å². The first-order chi connectivity index (χ1) is 10.1. The third-order valence-corrected chi connectivity index (χ3v) is 6.13. The molecule has 1 aromatic rings. The Hall–Kier alpha value is -0.450. The van der Waals surface area contributed by atoms with Gasteiger partial charge in [0, 0.05) is 19.1 Å². The summed E-state index contributed by atoms with van der Waals surface area (Å²) in [6, 6.07) is 5.46. The Morgan fingerprint density at radius 3 is 2.76 bits per heavy atom. The SMILES string of the molecule is CN(CC1CC2CCC1C2)C(CN)c1ccc(Br)c(F)c1. The van der Waals surface area contributed by atoms with Crippen LogP contribution in [0.4, 0.5) is 4.39 Å². The summed E-state index contributed by atoms with van der Waals surface area (Å²) in [5.41, 5.74) is 6.94. The summed E-state index contributed by atoms with van der Waals surface area (Å²) in [7, 11) is 2.13. The van der Waals surface area contributed by atoms with Gasteiger partial charge in [0.25, 0.3) is 0 Å². The second-order valence-corrected chi connectivity index (χ2v) is 7.65. The van der Waals surface area contributed by atoms with Crippen molar-refractivity contribution >= 4 is 15.9 Å². The molecule has 2 nitrogen and oxygen atoms in total. The number of likely N-dealkylation sites (N-methyl/N-ethyl adjacent to an activating group) is 1. The molecule has 0 spiro atoms. The Labute approximate surface area is 135 Å². The van der Waals surface area contributed by atoms with Crippen LogP contribution in [-0.2, 0) is 0 Å². The van der Waals surface area contributed by atoms with Gasteiger partial charge in [-0.1, -0.05) is 12.5 Å². The van der Waals surface area contributed by atoms with Crippen LogP contribution in [0.5, 0.6) is 0 Å². The second-order valence-electron chi connectivity index (χ2n) is 6.80. The van der Waals surface area contributed by atoms with E-state index in [9.17, 15) is 4.39 Å². The van der Waals surface area contributed by atoms with Crippen molar-refractivity contribution in [1.29, 1.82) is 0 Å². The van der Waals surface area contributed by atoms with E-state index in [4.69, 9.17) is 5.73 Å². The van der Waals surface area contributed by atoms with Gasteiger partial charge in [0.1, 0.15) is 5.82 Å². The number of fused-ring (bicyclic) bond motifs is 2. The summed E-state index contributed by atoms with van der Waals surface area (Å²) in [4.78, 5) is 2.33. The van der Waals surface area contributed by atoms with Crippen molar-refractivity contribution in [2.24, 2.45) is 23.5 Å². The smallest absolute Gasteiger partial charge is 0.137 e. The van der Waals surface area contributed by atoms with Gasteiger partial charge in [-0.2, -0.15) is 0 Å². The highest BCUT2D eigenvalue weighted by Crippen LogP contribution is 2.48. The van der Waals surface area contributed by atoms with Crippen LogP contribution < -0.4 is 5.73 Å². The van der Waals surface area contributed by atoms with Crippen molar-refractivity contribution in [3.8, 4) is 0 Å². The summed E-state index contributed by atoms with van der Waals surface area (Å²) in [6.45, 7) is 1.61. The molecule has 4 heteroatoms. The molecule has 4 unspecified atom stereocenters. The molecular formula is C17H24BrFN2. The third-order valence-electron chi connectivity index (χ3n) is 5.49. The molecule has 2 fully saturated rings. The van der Waals surface area contributed by atoms with Gasteiger partial charge in [0.2, 0.25) is 0 Å². The Balaban J connectivity index is 1.68. The molecule has 0 amide bonds. The van der Waals surface area contributed by atoms with Crippen LogP contribution in [0.15, 0.2) is 22.7 Å². The van der Waals surface area contributed by atoms with Crippen molar-refractivity contribution in [3.63, 3.8) is 0 Å². The van der Waals surface area contributed by atoms with Gasteiger partial charge in [-0.25, -0.2) is 4.39 Å². The molecule has 21 heavy (non-hydrogen) atoms. The minimum absolute atomic E-state index is 0.103. The molecule has 2 bridgehead atoms. The molecule has 2 aliphatic carbocycles. The lowest BCUT2D eigenvalue weighted by atomic mass is 9.88. The number of nitrogens with two attached hydrogens (primary N) is 1. The van der Waals surface area contributed by atoms with E-state index in [1.807, 2.05) is 6.07 Å². The van der Waals surface area contributed by atoms with Gasteiger partial charge in [0.15, 0.2) is 0 Å². The van der Waals surface area contributed by atoms with E-state index in [0.717, 1.165) is 29.9 Å². The normalized spacial score (nSPS) is 29.3. The number of hydrogen-bond donors (Lipinski definition) is 1. The molecule has 0 saturated heterocycles. The summed E-state index contributed by atoms with van der Waals surface area (Å²) in [6.07, 6.45) is 5.65. The lowest BCUT2D eigenvalue weighted by molar-refractivity contribution is 0.176. The lowest BCUT2D eigenvalue weighted by Gasteiger charge is -2.32. The molecule has 0 radical (unpaired) electrons. The summed E-state index contributed by atoms with van der Waals surface area (Å²) in [5.74, 6) is 2.48. The largest absolute Gasteiger partial charge is 0.329 e. The van der Waals surface area contributed by atoms with Crippen LogP contribution >= 0.6 is 15.9 Å². The highest BCUT2D eigenvalue weighted by atomic mass is 79.9. The fourth-order valence-electron chi connectivity index (χ4n) is 4.39. The predicted molar refractivity (Wildman–Crippen MR) is 87.5 cm³/mol. The molecule has 2 N–H and O–H groups in total. The summed E-state index contributed by atoms with van der Waals surface area (Å²) >= 11 is 3.21. The minimum Gasteiger partial charge on any atom is -0.329 e. The quantitative estimate of drug-likeness (QED) is 0.866. The summed E-state index contributed by atoms with van der Waals surface area (Å²) < 4.78 is 14.3. The molecular weight excluding hydrogens is 331 g/mol.